The Labute approximate surface area is 213 Å². The topological polar surface area (TPSA) is 61.4 Å². The lowest BCUT2D eigenvalue weighted by Crippen LogP contribution is -2.37. The zero-order valence-corrected chi connectivity index (χ0v) is 19.9. The number of carbonyl (C=O) groups is 2. The number of alkyl halides is 6. The van der Waals surface area contributed by atoms with Crippen LogP contribution in [-0.2, 0) is 12.4 Å². The predicted octanol–water partition coefficient (Wildman–Crippen LogP) is 7.03. The number of aryl methyl sites for hydroxylation is 1. The van der Waals surface area contributed by atoms with Gasteiger partial charge in [-0.15, -0.1) is 0 Å². The molecule has 0 spiro atoms. The normalized spacial score (nSPS) is 11.7. The monoisotopic (exact) mass is 541 g/mol. The van der Waals surface area contributed by atoms with Gasteiger partial charge in [0.05, 0.1) is 11.1 Å². The standard InChI is InChI=1S/C26H22F7N3O2/c1-16-3-7-21(8-4-16)35-24(38)36(22-9-5-20(27)6-10-22)12-2-11-34-23(37)17-13-18(25(28,29)30)15-19(14-17)26(31,32)33/h3-10,13-15H,2,11-12H2,1H3,(H,34,37)(H,35,38). The molecule has 0 aromatic heterocycles. The number of benzene rings is 3. The number of hydrogen-bond acceptors (Lipinski definition) is 2. The smallest absolute Gasteiger partial charge is 0.352 e. The van der Waals surface area contributed by atoms with E-state index in [0.29, 0.717) is 23.5 Å². The molecule has 38 heavy (non-hydrogen) atoms. The van der Waals surface area contributed by atoms with Gasteiger partial charge < -0.3 is 10.6 Å². The summed E-state index contributed by atoms with van der Waals surface area (Å²) in [5, 5.41) is 4.97. The van der Waals surface area contributed by atoms with Crippen molar-refractivity contribution in [2.45, 2.75) is 25.7 Å². The second kappa shape index (κ2) is 11.5. The maximum absolute atomic E-state index is 13.4. The Kier molecular flexibility index (Phi) is 8.64. The van der Waals surface area contributed by atoms with E-state index in [-0.39, 0.29) is 25.6 Å². The number of carbonyl (C=O) groups excluding carboxylic acids is 2. The number of halogens is 7. The minimum absolute atomic E-state index is 0.0139. The fraction of sp³-hybridized carbons (Fsp3) is 0.231. The molecule has 5 nitrogen and oxygen atoms in total. The molecular formula is C26H22F7N3O2. The number of rotatable bonds is 7. The summed E-state index contributed by atoms with van der Waals surface area (Å²) in [6, 6.07) is 12.0. The summed E-state index contributed by atoms with van der Waals surface area (Å²) in [6.07, 6.45) is -10.1. The van der Waals surface area contributed by atoms with Crippen molar-refractivity contribution in [1.82, 2.24) is 5.32 Å². The SMILES string of the molecule is Cc1ccc(NC(=O)N(CCCNC(=O)c2cc(C(F)(F)F)cc(C(F)(F)F)c2)c2ccc(F)cc2)cc1. The molecule has 3 aromatic carbocycles. The summed E-state index contributed by atoms with van der Waals surface area (Å²) in [6.45, 7) is 1.68. The van der Waals surface area contributed by atoms with Crippen LogP contribution in [0.15, 0.2) is 66.7 Å². The molecule has 0 heterocycles. The van der Waals surface area contributed by atoms with Crippen molar-refractivity contribution in [2.75, 3.05) is 23.3 Å². The molecule has 0 unspecified atom stereocenters. The van der Waals surface area contributed by atoms with Crippen molar-refractivity contribution in [3.63, 3.8) is 0 Å². The Hall–Kier alpha value is -4.09. The van der Waals surface area contributed by atoms with Crippen LogP contribution in [0.2, 0.25) is 0 Å². The highest BCUT2D eigenvalue weighted by Crippen LogP contribution is 2.36. The summed E-state index contributed by atoms with van der Waals surface area (Å²) in [5.41, 5.74) is -2.22. The highest BCUT2D eigenvalue weighted by atomic mass is 19.4. The average Bonchev–Trinajstić information content (AvgIpc) is 2.84. The molecule has 202 valence electrons. The van der Waals surface area contributed by atoms with Gasteiger partial charge in [0.1, 0.15) is 5.82 Å². The quantitative estimate of drug-likeness (QED) is 0.249. The summed E-state index contributed by atoms with van der Waals surface area (Å²) in [7, 11) is 0. The highest BCUT2D eigenvalue weighted by molar-refractivity contribution is 6.01. The van der Waals surface area contributed by atoms with Gasteiger partial charge in [-0.05, 0) is 67.9 Å². The number of urea groups is 1. The van der Waals surface area contributed by atoms with Crippen molar-refractivity contribution in [3.8, 4) is 0 Å². The van der Waals surface area contributed by atoms with Crippen LogP contribution in [0.4, 0.5) is 46.9 Å². The molecule has 0 bridgehead atoms. The molecule has 0 saturated heterocycles. The van der Waals surface area contributed by atoms with Crippen molar-refractivity contribution in [1.29, 1.82) is 0 Å². The molecule has 0 atom stereocenters. The summed E-state index contributed by atoms with van der Waals surface area (Å²) < 4.78 is 91.8. The van der Waals surface area contributed by atoms with E-state index in [9.17, 15) is 40.3 Å². The van der Waals surface area contributed by atoms with Gasteiger partial charge in [0, 0.05) is 30.0 Å². The largest absolute Gasteiger partial charge is 0.416 e. The summed E-state index contributed by atoms with van der Waals surface area (Å²) >= 11 is 0. The van der Waals surface area contributed by atoms with Crippen LogP contribution in [0, 0.1) is 12.7 Å². The molecule has 0 radical (unpaired) electrons. The van der Waals surface area contributed by atoms with E-state index >= 15 is 0 Å². The van der Waals surface area contributed by atoms with Crippen molar-refractivity contribution >= 4 is 23.3 Å². The van der Waals surface area contributed by atoms with Crippen LogP contribution in [0.25, 0.3) is 0 Å². The maximum atomic E-state index is 13.4. The van der Waals surface area contributed by atoms with Crippen LogP contribution in [0.3, 0.4) is 0 Å². The van der Waals surface area contributed by atoms with Gasteiger partial charge in [-0.1, -0.05) is 17.7 Å². The lowest BCUT2D eigenvalue weighted by atomic mass is 10.0. The number of hydrogen-bond donors (Lipinski definition) is 2. The Morgan fingerprint density at radius 1 is 0.816 bits per heavy atom. The Morgan fingerprint density at radius 3 is 1.89 bits per heavy atom. The van der Waals surface area contributed by atoms with Crippen LogP contribution < -0.4 is 15.5 Å². The third kappa shape index (κ3) is 7.70. The summed E-state index contributed by atoms with van der Waals surface area (Å²) in [5.74, 6) is -1.67. The molecule has 3 aromatic rings. The Balaban J connectivity index is 1.70. The lowest BCUT2D eigenvalue weighted by molar-refractivity contribution is -0.143. The van der Waals surface area contributed by atoms with Crippen LogP contribution in [0.1, 0.15) is 33.5 Å². The Morgan fingerprint density at radius 2 is 1.37 bits per heavy atom. The van der Waals surface area contributed by atoms with Gasteiger partial charge in [0.25, 0.3) is 5.91 Å². The molecule has 3 rings (SSSR count). The van der Waals surface area contributed by atoms with E-state index in [2.05, 4.69) is 10.6 Å². The van der Waals surface area contributed by atoms with Crippen molar-refractivity contribution in [3.05, 3.63) is 94.8 Å². The average molecular weight is 541 g/mol. The number of amides is 3. The summed E-state index contributed by atoms with van der Waals surface area (Å²) in [4.78, 5) is 26.6. The maximum Gasteiger partial charge on any atom is 0.416 e. The predicted molar refractivity (Wildman–Crippen MR) is 127 cm³/mol. The second-order valence-electron chi connectivity index (χ2n) is 8.33. The zero-order valence-electron chi connectivity index (χ0n) is 19.9. The van der Waals surface area contributed by atoms with E-state index in [4.69, 9.17) is 0 Å². The molecule has 0 fully saturated rings. The second-order valence-corrected chi connectivity index (χ2v) is 8.33. The minimum Gasteiger partial charge on any atom is -0.352 e. The van der Waals surface area contributed by atoms with Gasteiger partial charge in [0.2, 0.25) is 0 Å². The van der Waals surface area contributed by atoms with Gasteiger partial charge in [0.15, 0.2) is 0 Å². The van der Waals surface area contributed by atoms with E-state index < -0.39 is 46.8 Å². The molecule has 0 aliphatic heterocycles. The highest BCUT2D eigenvalue weighted by Gasteiger charge is 2.37. The van der Waals surface area contributed by atoms with Gasteiger partial charge in [-0.2, -0.15) is 26.3 Å². The molecule has 0 aliphatic carbocycles. The van der Waals surface area contributed by atoms with Gasteiger partial charge >= 0.3 is 18.4 Å². The molecule has 0 saturated carbocycles. The lowest BCUT2D eigenvalue weighted by Gasteiger charge is -2.23. The first-order valence-electron chi connectivity index (χ1n) is 11.2. The molecular weight excluding hydrogens is 519 g/mol. The van der Waals surface area contributed by atoms with E-state index in [1.54, 1.807) is 24.3 Å². The number of nitrogens with one attached hydrogen (secondary N) is 2. The fourth-order valence-electron chi connectivity index (χ4n) is 3.42. The van der Waals surface area contributed by atoms with Crippen molar-refractivity contribution < 1.29 is 40.3 Å². The minimum atomic E-state index is -5.09. The molecule has 2 N–H and O–H groups in total. The van der Waals surface area contributed by atoms with Crippen LogP contribution in [-0.4, -0.2) is 25.0 Å². The first kappa shape index (κ1) is 28.5. The van der Waals surface area contributed by atoms with Crippen LogP contribution in [0.5, 0.6) is 0 Å². The van der Waals surface area contributed by atoms with Gasteiger partial charge in [-0.25, -0.2) is 9.18 Å². The van der Waals surface area contributed by atoms with E-state index in [1.165, 1.54) is 17.0 Å². The van der Waals surface area contributed by atoms with Gasteiger partial charge in [-0.3, -0.25) is 9.69 Å². The first-order chi connectivity index (χ1) is 17.7. The number of nitrogens with zero attached hydrogens (tertiary/aromatic N) is 1. The van der Waals surface area contributed by atoms with Crippen molar-refractivity contribution in [2.24, 2.45) is 0 Å². The molecule has 0 aliphatic rings. The van der Waals surface area contributed by atoms with E-state index in [0.717, 1.165) is 17.7 Å². The third-order valence-corrected chi connectivity index (χ3v) is 5.38. The Bertz CT molecular complexity index is 1240. The van der Waals surface area contributed by atoms with E-state index in [1.807, 2.05) is 6.92 Å². The molecule has 12 heteroatoms. The third-order valence-electron chi connectivity index (χ3n) is 5.38. The zero-order chi connectivity index (χ0) is 28.1. The number of anilines is 2. The fourth-order valence-corrected chi connectivity index (χ4v) is 3.42. The van der Waals surface area contributed by atoms with Crippen LogP contribution >= 0.6 is 0 Å². The molecule has 3 amide bonds. The first-order valence-corrected chi connectivity index (χ1v) is 11.2.